The van der Waals surface area contributed by atoms with Crippen molar-refractivity contribution in [3.8, 4) is 0 Å². The number of amides is 2. The standard InChI is InChI=1S/C20H25FN6O2/c1-15-2-3-16(14-17(15)21)22-20(28)27-8-6-25(7-9-27)18-4-5-19(24-23-18)26-10-12-29-13-11-26/h2-5,14H,6-13H2,1H3,(H,22,28). The van der Waals surface area contributed by atoms with Crippen LogP contribution in [0.4, 0.5) is 26.5 Å². The third-order valence-electron chi connectivity index (χ3n) is 5.29. The predicted molar refractivity (Wildman–Crippen MR) is 109 cm³/mol. The number of morpholine rings is 1. The molecule has 1 aromatic carbocycles. The molecule has 2 aliphatic rings. The molecular formula is C20H25FN6O2. The van der Waals surface area contributed by atoms with Gasteiger partial charge in [-0.15, -0.1) is 10.2 Å². The van der Waals surface area contributed by atoms with E-state index in [0.717, 1.165) is 24.7 Å². The molecule has 8 nitrogen and oxygen atoms in total. The zero-order valence-electron chi connectivity index (χ0n) is 16.5. The van der Waals surface area contributed by atoms with E-state index in [1.165, 1.54) is 6.07 Å². The van der Waals surface area contributed by atoms with Crippen molar-refractivity contribution in [1.82, 2.24) is 15.1 Å². The Morgan fingerprint density at radius 3 is 2.17 bits per heavy atom. The van der Waals surface area contributed by atoms with Gasteiger partial charge in [0, 0.05) is 45.0 Å². The van der Waals surface area contributed by atoms with Crippen LogP contribution in [0.15, 0.2) is 30.3 Å². The summed E-state index contributed by atoms with van der Waals surface area (Å²) < 4.78 is 19.0. The lowest BCUT2D eigenvalue weighted by molar-refractivity contribution is 0.122. The molecule has 2 saturated heterocycles. The molecule has 154 valence electrons. The van der Waals surface area contributed by atoms with E-state index in [9.17, 15) is 9.18 Å². The molecule has 4 rings (SSSR count). The van der Waals surface area contributed by atoms with Gasteiger partial charge in [0.25, 0.3) is 0 Å². The highest BCUT2D eigenvalue weighted by molar-refractivity contribution is 5.89. The Hall–Kier alpha value is -2.94. The molecule has 0 spiro atoms. The highest BCUT2D eigenvalue weighted by Crippen LogP contribution is 2.18. The third-order valence-corrected chi connectivity index (χ3v) is 5.29. The maximum absolute atomic E-state index is 13.7. The zero-order chi connectivity index (χ0) is 20.2. The minimum Gasteiger partial charge on any atom is -0.378 e. The first-order valence-corrected chi connectivity index (χ1v) is 9.83. The molecule has 1 N–H and O–H groups in total. The van der Waals surface area contributed by atoms with E-state index in [1.807, 2.05) is 12.1 Å². The summed E-state index contributed by atoms with van der Waals surface area (Å²) in [4.78, 5) is 18.5. The molecule has 2 aliphatic heterocycles. The van der Waals surface area contributed by atoms with Gasteiger partial charge in [0.1, 0.15) is 5.82 Å². The van der Waals surface area contributed by atoms with E-state index in [4.69, 9.17) is 4.74 Å². The van der Waals surface area contributed by atoms with Crippen molar-refractivity contribution < 1.29 is 13.9 Å². The van der Waals surface area contributed by atoms with Gasteiger partial charge >= 0.3 is 6.03 Å². The second kappa shape index (κ2) is 8.60. The highest BCUT2D eigenvalue weighted by Gasteiger charge is 2.23. The number of anilines is 3. The number of nitrogens with zero attached hydrogens (tertiary/aromatic N) is 5. The van der Waals surface area contributed by atoms with E-state index in [1.54, 1.807) is 24.0 Å². The minimum atomic E-state index is -0.327. The van der Waals surface area contributed by atoms with Gasteiger partial charge in [-0.3, -0.25) is 0 Å². The van der Waals surface area contributed by atoms with Crippen LogP contribution in [0.2, 0.25) is 0 Å². The molecule has 0 aliphatic carbocycles. The summed E-state index contributed by atoms with van der Waals surface area (Å²) in [7, 11) is 0. The van der Waals surface area contributed by atoms with Crippen molar-refractivity contribution in [2.24, 2.45) is 0 Å². The summed E-state index contributed by atoms with van der Waals surface area (Å²) in [6.07, 6.45) is 0. The Balaban J connectivity index is 1.30. The number of urea groups is 1. The van der Waals surface area contributed by atoms with Crippen molar-refractivity contribution >= 4 is 23.4 Å². The minimum absolute atomic E-state index is 0.221. The Labute approximate surface area is 169 Å². The number of benzene rings is 1. The van der Waals surface area contributed by atoms with Crippen molar-refractivity contribution in [3.63, 3.8) is 0 Å². The second-order valence-corrected chi connectivity index (χ2v) is 7.22. The third kappa shape index (κ3) is 4.56. The fourth-order valence-corrected chi connectivity index (χ4v) is 3.46. The number of piperazine rings is 1. The smallest absolute Gasteiger partial charge is 0.321 e. The van der Waals surface area contributed by atoms with Gasteiger partial charge in [-0.1, -0.05) is 6.07 Å². The van der Waals surface area contributed by atoms with Crippen molar-refractivity contribution in [3.05, 3.63) is 41.7 Å². The SMILES string of the molecule is Cc1ccc(NC(=O)N2CCN(c3ccc(N4CCOCC4)nn3)CC2)cc1F. The lowest BCUT2D eigenvalue weighted by Crippen LogP contribution is -2.50. The molecule has 2 aromatic rings. The molecule has 0 bridgehead atoms. The maximum atomic E-state index is 13.7. The second-order valence-electron chi connectivity index (χ2n) is 7.22. The van der Waals surface area contributed by atoms with Gasteiger partial charge < -0.3 is 24.8 Å². The van der Waals surface area contributed by atoms with E-state index in [-0.39, 0.29) is 11.8 Å². The van der Waals surface area contributed by atoms with E-state index >= 15 is 0 Å². The number of ether oxygens (including phenoxy) is 1. The number of rotatable bonds is 3. The molecule has 0 atom stereocenters. The normalized spacial score (nSPS) is 17.4. The fourth-order valence-electron chi connectivity index (χ4n) is 3.46. The van der Waals surface area contributed by atoms with Gasteiger partial charge in [0.2, 0.25) is 0 Å². The Morgan fingerprint density at radius 2 is 1.59 bits per heavy atom. The van der Waals surface area contributed by atoms with Gasteiger partial charge in [-0.2, -0.15) is 0 Å². The number of halogens is 1. The number of carbonyl (C=O) groups excluding carboxylic acids is 1. The van der Waals surface area contributed by atoms with Gasteiger partial charge in [-0.05, 0) is 36.8 Å². The monoisotopic (exact) mass is 400 g/mol. The molecule has 0 unspecified atom stereocenters. The first-order chi connectivity index (χ1) is 14.1. The number of aryl methyl sites for hydroxylation is 1. The predicted octanol–water partition coefficient (Wildman–Crippen LogP) is 2.11. The van der Waals surface area contributed by atoms with Crippen molar-refractivity contribution in [2.45, 2.75) is 6.92 Å². The van der Waals surface area contributed by atoms with Gasteiger partial charge in [0.15, 0.2) is 11.6 Å². The number of nitrogens with one attached hydrogen (secondary N) is 1. The van der Waals surface area contributed by atoms with Crippen LogP contribution in [0.1, 0.15) is 5.56 Å². The van der Waals surface area contributed by atoms with Crippen LogP contribution < -0.4 is 15.1 Å². The Kier molecular flexibility index (Phi) is 5.75. The topological polar surface area (TPSA) is 73.8 Å². The summed E-state index contributed by atoms with van der Waals surface area (Å²) in [5.74, 6) is 1.34. The average molecular weight is 400 g/mol. The maximum Gasteiger partial charge on any atom is 0.321 e. The Morgan fingerprint density at radius 1 is 0.966 bits per heavy atom. The molecule has 2 amide bonds. The highest BCUT2D eigenvalue weighted by atomic mass is 19.1. The lowest BCUT2D eigenvalue weighted by Gasteiger charge is -2.35. The van der Waals surface area contributed by atoms with Crippen molar-refractivity contribution in [2.75, 3.05) is 67.6 Å². The van der Waals surface area contributed by atoms with E-state index in [2.05, 4.69) is 25.3 Å². The summed E-state index contributed by atoms with van der Waals surface area (Å²) in [5, 5.41) is 11.5. The van der Waals surface area contributed by atoms with Crippen LogP contribution >= 0.6 is 0 Å². The molecule has 3 heterocycles. The van der Waals surface area contributed by atoms with Gasteiger partial charge in [0.05, 0.1) is 13.2 Å². The largest absolute Gasteiger partial charge is 0.378 e. The van der Waals surface area contributed by atoms with E-state index < -0.39 is 0 Å². The molecule has 0 radical (unpaired) electrons. The molecule has 29 heavy (non-hydrogen) atoms. The number of aromatic nitrogens is 2. The molecule has 9 heteroatoms. The first-order valence-electron chi connectivity index (χ1n) is 9.83. The molecule has 1 aromatic heterocycles. The summed E-state index contributed by atoms with van der Waals surface area (Å²) in [5.41, 5.74) is 1.02. The summed E-state index contributed by atoms with van der Waals surface area (Å²) >= 11 is 0. The molecule has 0 saturated carbocycles. The quantitative estimate of drug-likeness (QED) is 0.851. The number of carbonyl (C=O) groups is 1. The van der Waals surface area contributed by atoms with E-state index in [0.29, 0.717) is 50.6 Å². The summed E-state index contributed by atoms with van der Waals surface area (Å²) in [6.45, 7) is 7.23. The molecule has 2 fully saturated rings. The van der Waals surface area contributed by atoms with Crippen LogP contribution in [0.3, 0.4) is 0 Å². The van der Waals surface area contributed by atoms with Crippen LogP contribution in [0.25, 0.3) is 0 Å². The zero-order valence-corrected chi connectivity index (χ0v) is 16.5. The fraction of sp³-hybridized carbons (Fsp3) is 0.450. The van der Waals surface area contributed by atoms with Gasteiger partial charge in [-0.25, -0.2) is 9.18 Å². The number of hydrogen-bond donors (Lipinski definition) is 1. The van der Waals surface area contributed by atoms with Crippen LogP contribution in [-0.4, -0.2) is 73.6 Å². The first kappa shape index (κ1) is 19.4. The number of hydrogen-bond acceptors (Lipinski definition) is 6. The van der Waals surface area contributed by atoms with Crippen LogP contribution in [0, 0.1) is 12.7 Å². The van der Waals surface area contributed by atoms with Crippen molar-refractivity contribution in [1.29, 1.82) is 0 Å². The molecular weight excluding hydrogens is 375 g/mol. The lowest BCUT2D eigenvalue weighted by atomic mass is 10.2. The summed E-state index contributed by atoms with van der Waals surface area (Å²) in [6, 6.07) is 8.44. The average Bonchev–Trinajstić information content (AvgIpc) is 2.77. The van der Waals surface area contributed by atoms with Crippen LogP contribution in [0.5, 0.6) is 0 Å². The van der Waals surface area contributed by atoms with Crippen LogP contribution in [-0.2, 0) is 4.74 Å². The Bertz CT molecular complexity index is 849.